The largest absolute Gasteiger partial charge is 0.322 e. The zero-order valence-corrected chi connectivity index (χ0v) is 15.5. The molecule has 0 aliphatic heterocycles. The van der Waals surface area contributed by atoms with Gasteiger partial charge in [0.05, 0.1) is 0 Å². The summed E-state index contributed by atoms with van der Waals surface area (Å²) in [6.45, 7) is 7.45. The number of amides is 2. The summed E-state index contributed by atoms with van der Waals surface area (Å²) in [4.78, 5) is 14.6. The molecule has 3 nitrogen and oxygen atoms in total. The number of nitrogens with zero attached hydrogens (tertiary/aromatic N) is 1. The summed E-state index contributed by atoms with van der Waals surface area (Å²) in [5.74, 6) is 0. The van der Waals surface area contributed by atoms with E-state index in [9.17, 15) is 4.79 Å². The lowest BCUT2D eigenvalue weighted by molar-refractivity contribution is 0.209. The van der Waals surface area contributed by atoms with Crippen molar-refractivity contribution in [2.45, 2.75) is 33.7 Å². The van der Waals surface area contributed by atoms with E-state index in [2.05, 4.69) is 28.2 Å². The Morgan fingerprint density at radius 2 is 1.74 bits per heavy atom. The first-order valence-electron chi connectivity index (χ1n) is 7.88. The minimum atomic E-state index is -0.0516. The highest BCUT2D eigenvalue weighted by atomic mass is 79.9. The number of nitrogens with one attached hydrogen (secondary N) is 1. The molecule has 122 valence electrons. The Labute approximate surface area is 146 Å². The second-order valence-corrected chi connectivity index (χ2v) is 6.67. The van der Waals surface area contributed by atoms with Gasteiger partial charge >= 0.3 is 6.03 Å². The molecule has 0 radical (unpaired) electrons. The van der Waals surface area contributed by atoms with Crippen LogP contribution in [-0.2, 0) is 6.54 Å². The smallest absolute Gasteiger partial charge is 0.320 e. The van der Waals surface area contributed by atoms with E-state index in [1.165, 1.54) is 0 Å². The maximum atomic E-state index is 12.7. The van der Waals surface area contributed by atoms with Crippen molar-refractivity contribution in [3.8, 4) is 0 Å². The van der Waals surface area contributed by atoms with Crippen molar-refractivity contribution in [2.75, 3.05) is 11.9 Å². The van der Waals surface area contributed by atoms with Crippen LogP contribution in [0.1, 0.15) is 30.0 Å². The summed E-state index contributed by atoms with van der Waals surface area (Å²) in [5.41, 5.74) is 4.15. The second-order valence-electron chi connectivity index (χ2n) is 5.75. The summed E-state index contributed by atoms with van der Waals surface area (Å²) < 4.78 is 1.03. The minimum absolute atomic E-state index is 0.0516. The molecule has 2 rings (SSSR count). The maximum absolute atomic E-state index is 12.7. The Morgan fingerprint density at radius 3 is 2.30 bits per heavy atom. The molecule has 0 unspecified atom stereocenters. The number of benzene rings is 2. The van der Waals surface area contributed by atoms with E-state index >= 15 is 0 Å². The summed E-state index contributed by atoms with van der Waals surface area (Å²) in [6, 6.07) is 14.1. The minimum Gasteiger partial charge on any atom is -0.320 e. The van der Waals surface area contributed by atoms with Crippen molar-refractivity contribution < 1.29 is 4.79 Å². The number of halogens is 1. The van der Waals surface area contributed by atoms with Crippen LogP contribution < -0.4 is 5.32 Å². The van der Waals surface area contributed by atoms with E-state index in [-0.39, 0.29) is 6.03 Å². The maximum Gasteiger partial charge on any atom is 0.322 e. The van der Waals surface area contributed by atoms with E-state index in [4.69, 9.17) is 0 Å². The van der Waals surface area contributed by atoms with Gasteiger partial charge in [-0.15, -0.1) is 0 Å². The first kappa shape index (κ1) is 17.5. The zero-order valence-electron chi connectivity index (χ0n) is 13.9. The van der Waals surface area contributed by atoms with Crippen LogP contribution in [0, 0.1) is 13.8 Å². The van der Waals surface area contributed by atoms with Crippen molar-refractivity contribution in [1.82, 2.24) is 4.90 Å². The highest BCUT2D eigenvalue weighted by Crippen LogP contribution is 2.25. The van der Waals surface area contributed by atoms with Gasteiger partial charge in [0, 0.05) is 23.2 Å². The molecule has 0 aliphatic rings. The number of anilines is 1. The van der Waals surface area contributed by atoms with Gasteiger partial charge < -0.3 is 10.2 Å². The van der Waals surface area contributed by atoms with Gasteiger partial charge in [-0.1, -0.05) is 53.2 Å². The fourth-order valence-electron chi connectivity index (χ4n) is 2.62. The van der Waals surface area contributed by atoms with Gasteiger partial charge in [-0.2, -0.15) is 0 Å². The van der Waals surface area contributed by atoms with Gasteiger partial charge in [0.25, 0.3) is 0 Å². The summed E-state index contributed by atoms with van der Waals surface area (Å²) >= 11 is 3.49. The lowest BCUT2D eigenvalue weighted by atomic mass is 10.1. The summed E-state index contributed by atoms with van der Waals surface area (Å²) in [7, 11) is 0. The van der Waals surface area contributed by atoms with Crippen LogP contribution in [0.25, 0.3) is 0 Å². The molecule has 0 bridgehead atoms. The SMILES string of the molecule is CCCN(Cc1ccccc1)C(=O)Nc1c(C)cc(Br)cc1C. The van der Waals surface area contributed by atoms with E-state index < -0.39 is 0 Å². The lowest BCUT2D eigenvalue weighted by Gasteiger charge is -2.24. The molecule has 2 aromatic carbocycles. The van der Waals surface area contributed by atoms with Gasteiger partial charge in [-0.25, -0.2) is 4.79 Å². The predicted molar refractivity (Wildman–Crippen MR) is 99.8 cm³/mol. The van der Waals surface area contributed by atoms with Crippen LogP contribution in [0.3, 0.4) is 0 Å². The number of carbonyl (C=O) groups is 1. The first-order chi connectivity index (χ1) is 11.0. The van der Waals surface area contributed by atoms with E-state index in [1.807, 2.05) is 61.2 Å². The number of carbonyl (C=O) groups excluding carboxylic acids is 1. The summed E-state index contributed by atoms with van der Waals surface area (Å²) in [5, 5.41) is 3.08. The highest BCUT2D eigenvalue weighted by Gasteiger charge is 2.15. The molecule has 0 heterocycles. The molecular weight excluding hydrogens is 352 g/mol. The molecule has 2 amide bonds. The van der Waals surface area contributed by atoms with Crippen molar-refractivity contribution in [3.05, 3.63) is 63.6 Å². The van der Waals surface area contributed by atoms with Gasteiger partial charge in [0.2, 0.25) is 0 Å². The molecule has 23 heavy (non-hydrogen) atoms. The van der Waals surface area contributed by atoms with Crippen molar-refractivity contribution in [3.63, 3.8) is 0 Å². The van der Waals surface area contributed by atoms with Gasteiger partial charge in [-0.3, -0.25) is 0 Å². The second kappa shape index (κ2) is 8.16. The Bertz CT molecular complexity index is 647. The van der Waals surface area contributed by atoms with Gasteiger partial charge in [0.1, 0.15) is 0 Å². The number of hydrogen-bond acceptors (Lipinski definition) is 1. The standard InChI is InChI=1S/C19H23BrN2O/c1-4-10-22(13-16-8-6-5-7-9-16)19(23)21-18-14(2)11-17(20)12-15(18)3/h5-9,11-12H,4,10,13H2,1-3H3,(H,21,23). The Balaban J connectivity index is 2.15. The van der Waals surface area contributed by atoms with E-state index in [0.717, 1.165) is 39.8 Å². The normalized spacial score (nSPS) is 10.4. The molecule has 4 heteroatoms. The predicted octanol–water partition coefficient (Wildman–Crippen LogP) is 5.51. The molecule has 1 N–H and O–H groups in total. The van der Waals surface area contributed by atoms with Crippen LogP contribution in [0.2, 0.25) is 0 Å². The Hall–Kier alpha value is -1.81. The van der Waals surface area contributed by atoms with E-state index in [1.54, 1.807) is 0 Å². The third-order valence-electron chi connectivity index (χ3n) is 3.73. The van der Waals surface area contributed by atoms with Crippen molar-refractivity contribution in [1.29, 1.82) is 0 Å². The first-order valence-corrected chi connectivity index (χ1v) is 8.67. The fourth-order valence-corrected chi connectivity index (χ4v) is 3.31. The molecule has 0 saturated heterocycles. The number of rotatable bonds is 5. The van der Waals surface area contributed by atoms with Crippen LogP contribution in [0.5, 0.6) is 0 Å². The monoisotopic (exact) mass is 374 g/mol. The lowest BCUT2D eigenvalue weighted by Crippen LogP contribution is -2.35. The van der Waals surface area contributed by atoms with Crippen LogP contribution in [-0.4, -0.2) is 17.5 Å². The Kier molecular flexibility index (Phi) is 6.22. The number of urea groups is 1. The molecule has 0 aromatic heterocycles. The number of hydrogen-bond donors (Lipinski definition) is 1. The third kappa shape index (κ3) is 4.83. The quantitative estimate of drug-likeness (QED) is 0.734. The van der Waals surface area contributed by atoms with Crippen LogP contribution in [0.15, 0.2) is 46.9 Å². The van der Waals surface area contributed by atoms with Crippen LogP contribution in [0.4, 0.5) is 10.5 Å². The topological polar surface area (TPSA) is 32.3 Å². The van der Waals surface area contributed by atoms with Crippen LogP contribution >= 0.6 is 15.9 Å². The van der Waals surface area contributed by atoms with Crippen molar-refractivity contribution in [2.24, 2.45) is 0 Å². The van der Waals surface area contributed by atoms with Gasteiger partial charge in [0.15, 0.2) is 0 Å². The Morgan fingerprint density at radius 1 is 1.13 bits per heavy atom. The van der Waals surface area contributed by atoms with E-state index in [0.29, 0.717) is 6.54 Å². The number of aryl methyl sites for hydroxylation is 2. The average Bonchev–Trinajstić information content (AvgIpc) is 2.51. The molecular formula is C19H23BrN2O. The fraction of sp³-hybridized carbons (Fsp3) is 0.316. The molecule has 0 aliphatic carbocycles. The molecule has 2 aromatic rings. The highest BCUT2D eigenvalue weighted by molar-refractivity contribution is 9.10. The molecule has 0 atom stereocenters. The molecule has 0 saturated carbocycles. The molecule has 0 spiro atoms. The average molecular weight is 375 g/mol. The summed E-state index contributed by atoms with van der Waals surface area (Å²) in [6.07, 6.45) is 0.929. The third-order valence-corrected chi connectivity index (χ3v) is 4.18. The molecule has 0 fully saturated rings. The van der Waals surface area contributed by atoms with Gasteiger partial charge in [-0.05, 0) is 49.1 Å². The zero-order chi connectivity index (χ0) is 16.8. The van der Waals surface area contributed by atoms with Crippen molar-refractivity contribution >= 4 is 27.6 Å².